The number of benzene rings is 2. The van der Waals surface area contributed by atoms with Crippen molar-refractivity contribution in [2.75, 3.05) is 18.2 Å². The normalized spacial score (nSPS) is 11.2. The zero-order chi connectivity index (χ0) is 20.0. The third kappa shape index (κ3) is 5.17. The van der Waals surface area contributed by atoms with Gasteiger partial charge in [0, 0.05) is 6.42 Å². The van der Waals surface area contributed by atoms with Gasteiger partial charge in [0.15, 0.2) is 9.84 Å². The molecule has 0 atom stereocenters. The van der Waals surface area contributed by atoms with E-state index in [1.54, 1.807) is 12.1 Å². The molecule has 1 amide bonds. The number of amides is 1. The van der Waals surface area contributed by atoms with Gasteiger partial charge in [0.05, 0.1) is 24.2 Å². The van der Waals surface area contributed by atoms with Crippen LogP contribution in [0.5, 0.6) is 5.75 Å². The first-order valence-electron chi connectivity index (χ1n) is 8.49. The van der Waals surface area contributed by atoms with Crippen LogP contribution < -0.4 is 10.1 Å². The summed E-state index contributed by atoms with van der Waals surface area (Å²) in [6.07, 6.45) is 0.209. The summed E-state index contributed by atoms with van der Waals surface area (Å²) in [5.41, 5.74) is 0.995. The lowest BCUT2D eigenvalue weighted by atomic mass is 10.2. The summed E-state index contributed by atoms with van der Waals surface area (Å²) in [5, 5.41) is 10.1. The van der Waals surface area contributed by atoms with E-state index in [1.807, 2.05) is 30.3 Å². The number of ether oxygens (including phenoxy) is 1. The summed E-state index contributed by atoms with van der Waals surface area (Å²) >= 11 is 0. The zero-order valence-electron chi connectivity index (χ0n) is 15.2. The highest BCUT2D eigenvalue weighted by Crippen LogP contribution is 2.17. The van der Waals surface area contributed by atoms with Crippen molar-refractivity contribution in [3.05, 3.63) is 66.1 Å². The molecule has 0 fully saturated rings. The van der Waals surface area contributed by atoms with Gasteiger partial charge < -0.3 is 9.15 Å². The Morgan fingerprint density at radius 3 is 2.46 bits per heavy atom. The number of carbonyl (C=O) groups is 1. The highest BCUT2D eigenvalue weighted by atomic mass is 32.2. The molecule has 3 rings (SSSR count). The Morgan fingerprint density at radius 2 is 1.79 bits per heavy atom. The van der Waals surface area contributed by atoms with Crippen LogP contribution >= 0.6 is 0 Å². The molecule has 3 aromatic rings. The fraction of sp³-hybridized carbons (Fsp3) is 0.211. The highest BCUT2D eigenvalue weighted by Gasteiger charge is 2.18. The van der Waals surface area contributed by atoms with Crippen LogP contribution in [-0.4, -0.2) is 37.4 Å². The van der Waals surface area contributed by atoms with Gasteiger partial charge in [-0.15, -0.1) is 5.10 Å². The topological polar surface area (TPSA) is 111 Å². The van der Waals surface area contributed by atoms with Crippen molar-refractivity contribution >= 4 is 21.8 Å². The highest BCUT2D eigenvalue weighted by molar-refractivity contribution is 7.91. The number of aromatic nitrogens is 2. The van der Waals surface area contributed by atoms with Crippen LogP contribution in [0.1, 0.15) is 17.9 Å². The number of sulfone groups is 1. The maximum Gasteiger partial charge on any atom is 0.322 e. The van der Waals surface area contributed by atoms with Crippen molar-refractivity contribution in [2.45, 2.75) is 17.7 Å². The second-order valence-corrected chi connectivity index (χ2v) is 8.07. The van der Waals surface area contributed by atoms with Gasteiger partial charge in [-0.3, -0.25) is 10.1 Å². The van der Waals surface area contributed by atoms with Crippen LogP contribution in [0.25, 0.3) is 0 Å². The summed E-state index contributed by atoms with van der Waals surface area (Å²) in [6.45, 7) is 0. The lowest BCUT2D eigenvalue weighted by Gasteiger charge is -2.05. The molecule has 0 radical (unpaired) electrons. The van der Waals surface area contributed by atoms with Gasteiger partial charge in [0.25, 0.3) is 0 Å². The molecule has 146 valence electrons. The van der Waals surface area contributed by atoms with Gasteiger partial charge in [0.2, 0.25) is 11.8 Å². The second kappa shape index (κ2) is 8.66. The monoisotopic (exact) mass is 401 g/mol. The minimum atomic E-state index is -3.59. The molecule has 1 N–H and O–H groups in total. The minimum Gasteiger partial charge on any atom is -0.497 e. The number of rotatable bonds is 8. The first-order valence-corrected chi connectivity index (χ1v) is 10.1. The zero-order valence-corrected chi connectivity index (χ0v) is 16.0. The van der Waals surface area contributed by atoms with E-state index in [0.29, 0.717) is 18.1 Å². The lowest BCUT2D eigenvalue weighted by molar-refractivity contribution is -0.116. The SMILES string of the molecule is COc1ccc(S(=O)(=O)CCC(=O)Nc2nnc(Cc3ccccc3)o2)cc1. The molecule has 0 unspecified atom stereocenters. The van der Waals surface area contributed by atoms with Gasteiger partial charge in [-0.1, -0.05) is 35.4 Å². The van der Waals surface area contributed by atoms with E-state index in [9.17, 15) is 13.2 Å². The molecular weight excluding hydrogens is 382 g/mol. The average molecular weight is 401 g/mol. The Balaban J connectivity index is 1.54. The predicted molar refractivity (Wildman–Crippen MR) is 102 cm³/mol. The van der Waals surface area contributed by atoms with E-state index in [1.165, 1.54) is 19.2 Å². The largest absolute Gasteiger partial charge is 0.497 e. The molecule has 1 aromatic heterocycles. The van der Waals surface area contributed by atoms with Gasteiger partial charge in [-0.05, 0) is 29.8 Å². The molecule has 0 bridgehead atoms. The van der Waals surface area contributed by atoms with Crippen LogP contribution in [0.4, 0.5) is 6.01 Å². The molecule has 2 aromatic carbocycles. The quantitative estimate of drug-likeness (QED) is 0.617. The van der Waals surface area contributed by atoms with E-state index in [0.717, 1.165) is 5.56 Å². The maximum atomic E-state index is 12.3. The Bertz CT molecular complexity index is 1030. The van der Waals surface area contributed by atoms with Crippen molar-refractivity contribution in [1.29, 1.82) is 0 Å². The van der Waals surface area contributed by atoms with Crippen LogP contribution in [-0.2, 0) is 21.1 Å². The average Bonchev–Trinajstić information content (AvgIpc) is 3.14. The standard InChI is InChI=1S/C19H19N3O5S/c1-26-15-7-9-16(10-8-15)28(24,25)12-11-17(23)20-19-22-21-18(27-19)13-14-5-3-2-4-6-14/h2-10H,11-13H2,1H3,(H,20,22,23). The number of nitrogens with zero attached hydrogens (tertiary/aromatic N) is 2. The van der Waals surface area contributed by atoms with Gasteiger partial charge in [0.1, 0.15) is 5.75 Å². The van der Waals surface area contributed by atoms with Gasteiger partial charge in [-0.25, -0.2) is 8.42 Å². The number of nitrogens with one attached hydrogen (secondary N) is 1. The molecule has 9 heteroatoms. The first kappa shape index (κ1) is 19.6. The number of hydrogen-bond donors (Lipinski definition) is 1. The maximum absolute atomic E-state index is 12.3. The first-order chi connectivity index (χ1) is 13.5. The Morgan fingerprint density at radius 1 is 1.07 bits per heavy atom. The number of carbonyl (C=O) groups excluding carboxylic acids is 1. The van der Waals surface area contributed by atoms with E-state index >= 15 is 0 Å². The minimum absolute atomic E-state index is 0.0576. The summed E-state index contributed by atoms with van der Waals surface area (Å²) in [6, 6.07) is 15.5. The number of anilines is 1. The molecule has 1 heterocycles. The molecule has 0 aliphatic rings. The Hall–Kier alpha value is -3.20. The molecule has 8 nitrogen and oxygen atoms in total. The predicted octanol–water partition coefficient (Wildman–Crippen LogP) is 2.47. The molecule has 0 saturated heterocycles. The second-order valence-electron chi connectivity index (χ2n) is 5.96. The molecule has 0 spiro atoms. The van der Waals surface area contributed by atoms with Crippen LogP contribution in [0.3, 0.4) is 0 Å². The van der Waals surface area contributed by atoms with E-state index in [-0.39, 0.29) is 23.1 Å². The van der Waals surface area contributed by atoms with E-state index < -0.39 is 15.7 Å². The van der Waals surface area contributed by atoms with Gasteiger partial charge in [-0.2, -0.15) is 0 Å². The van der Waals surface area contributed by atoms with Crippen molar-refractivity contribution in [3.63, 3.8) is 0 Å². The van der Waals surface area contributed by atoms with Crippen LogP contribution in [0, 0.1) is 0 Å². The third-order valence-corrected chi connectivity index (χ3v) is 5.66. The smallest absolute Gasteiger partial charge is 0.322 e. The molecule has 0 saturated carbocycles. The van der Waals surface area contributed by atoms with Crippen LogP contribution in [0.15, 0.2) is 63.9 Å². The Kier molecular flexibility index (Phi) is 6.05. The summed E-state index contributed by atoms with van der Waals surface area (Å²) < 4.78 is 35.0. The van der Waals surface area contributed by atoms with E-state index in [2.05, 4.69) is 15.5 Å². The third-order valence-electron chi connectivity index (χ3n) is 3.93. The van der Waals surface area contributed by atoms with Crippen LogP contribution in [0.2, 0.25) is 0 Å². The fourth-order valence-corrected chi connectivity index (χ4v) is 3.70. The summed E-state index contributed by atoms with van der Waals surface area (Å²) in [5.74, 6) is 0.0506. The summed E-state index contributed by atoms with van der Waals surface area (Å²) in [4.78, 5) is 12.2. The van der Waals surface area contributed by atoms with Crippen molar-refractivity contribution < 1.29 is 22.4 Å². The molecule has 28 heavy (non-hydrogen) atoms. The van der Waals surface area contributed by atoms with Crippen molar-refractivity contribution in [1.82, 2.24) is 10.2 Å². The summed E-state index contributed by atoms with van der Waals surface area (Å²) in [7, 11) is -2.09. The molecule has 0 aliphatic heterocycles. The van der Waals surface area contributed by atoms with Gasteiger partial charge >= 0.3 is 6.01 Å². The van der Waals surface area contributed by atoms with Crippen molar-refractivity contribution in [2.24, 2.45) is 0 Å². The molecular formula is C19H19N3O5S. The number of methoxy groups -OCH3 is 1. The van der Waals surface area contributed by atoms with E-state index in [4.69, 9.17) is 9.15 Å². The van der Waals surface area contributed by atoms with Crippen molar-refractivity contribution in [3.8, 4) is 5.75 Å². The Labute approximate surface area is 162 Å². The fourth-order valence-electron chi connectivity index (χ4n) is 2.46. The molecule has 0 aliphatic carbocycles. The lowest BCUT2D eigenvalue weighted by Crippen LogP contribution is -2.17. The number of hydrogen-bond acceptors (Lipinski definition) is 7.